The Balaban J connectivity index is 1.61. The van der Waals surface area contributed by atoms with E-state index in [1.54, 1.807) is 4.90 Å². The first-order chi connectivity index (χ1) is 16.9. The molecule has 1 heterocycles. The monoisotopic (exact) mass is 480 g/mol. The zero-order chi connectivity index (χ0) is 25.2. The SMILES string of the molecule is CCOc1ccc(CC(N)C(=O)N[C@H](Cc2ccccc2)C(=O)NC2CCN(C(=N)N)CC2)cc1. The minimum atomic E-state index is -0.794. The molecule has 2 amide bonds. The summed E-state index contributed by atoms with van der Waals surface area (Å²) in [5.41, 5.74) is 13.6. The molecule has 2 atom stereocenters. The number of nitrogens with zero attached hydrogens (tertiary/aromatic N) is 1. The van der Waals surface area contributed by atoms with Crippen molar-refractivity contribution in [3.8, 4) is 5.75 Å². The van der Waals surface area contributed by atoms with Gasteiger partial charge in [-0.05, 0) is 49.4 Å². The summed E-state index contributed by atoms with van der Waals surface area (Å²) in [4.78, 5) is 27.9. The average Bonchev–Trinajstić information content (AvgIpc) is 2.86. The van der Waals surface area contributed by atoms with E-state index in [0.29, 0.717) is 45.4 Å². The second-order valence-electron chi connectivity index (χ2n) is 8.79. The summed E-state index contributed by atoms with van der Waals surface area (Å²) in [5, 5.41) is 13.5. The number of nitrogens with two attached hydrogens (primary N) is 2. The number of hydrogen-bond donors (Lipinski definition) is 5. The molecule has 7 N–H and O–H groups in total. The lowest BCUT2D eigenvalue weighted by molar-refractivity contribution is -0.130. The van der Waals surface area contributed by atoms with Crippen LogP contribution in [0.5, 0.6) is 5.75 Å². The van der Waals surface area contributed by atoms with E-state index in [2.05, 4.69) is 10.6 Å². The molecular formula is C26H36N6O3. The van der Waals surface area contributed by atoms with E-state index in [4.69, 9.17) is 21.6 Å². The third-order valence-corrected chi connectivity index (χ3v) is 6.12. The molecule has 0 radical (unpaired) electrons. The summed E-state index contributed by atoms with van der Waals surface area (Å²) in [7, 11) is 0. The number of guanidine groups is 1. The van der Waals surface area contributed by atoms with Gasteiger partial charge in [-0.15, -0.1) is 0 Å². The minimum Gasteiger partial charge on any atom is -0.494 e. The lowest BCUT2D eigenvalue weighted by Crippen LogP contribution is -2.56. The number of rotatable bonds is 10. The van der Waals surface area contributed by atoms with Crippen LogP contribution < -0.4 is 26.8 Å². The highest BCUT2D eigenvalue weighted by Gasteiger charge is 2.28. The number of benzene rings is 2. The van der Waals surface area contributed by atoms with Crippen molar-refractivity contribution >= 4 is 17.8 Å². The Kier molecular flexibility index (Phi) is 9.48. The zero-order valence-electron chi connectivity index (χ0n) is 20.2. The topological polar surface area (TPSA) is 147 Å². The van der Waals surface area contributed by atoms with Gasteiger partial charge in [-0.2, -0.15) is 0 Å². The van der Waals surface area contributed by atoms with Gasteiger partial charge in [0, 0.05) is 25.6 Å². The number of hydrogen-bond acceptors (Lipinski definition) is 5. The highest BCUT2D eigenvalue weighted by molar-refractivity contribution is 5.90. The molecule has 1 aliphatic rings. The molecule has 1 fully saturated rings. The summed E-state index contributed by atoms with van der Waals surface area (Å²) in [6.07, 6.45) is 2.09. The fraction of sp³-hybridized carbons (Fsp3) is 0.423. The van der Waals surface area contributed by atoms with Crippen molar-refractivity contribution in [3.63, 3.8) is 0 Å². The first-order valence-corrected chi connectivity index (χ1v) is 12.1. The van der Waals surface area contributed by atoms with Crippen molar-refractivity contribution in [2.24, 2.45) is 11.5 Å². The quantitative estimate of drug-likeness (QED) is 0.255. The number of likely N-dealkylation sites (tertiary alicyclic amines) is 1. The van der Waals surface area contributed by atoms with Crippen LogP contribution in [-0.4, -0.2) is 60.5 Å². The fourth-order valence-electron chi connectivity index (χ4n) is 4.14. The second-order valence-corrected chi connectivity index (χ2v) is 8.79. The standard InChI is InChI=1S/C26H36N6O3/c1-2-35-21-10-8-19(9-11-21)16-22(27)24(33)31-23(17-18-6-4-3-5-7-18)25(34)30-20-12-14-32(15-13-20)26(28)29/h3-11,20,22-23H,2,12-17,27H2,1H3,(H3,28,29)(H,30,34)(H,31,33)/t22?,23-/m1/s1. The Morgan fingerprint density at radius 3 is 2.26 bits per heavy atom. The van der Waals surface area contributed by atoms with Crippen molar-refractivity contribution in [1.29, 1.82) is 5.41 Å². The molecule has 9 nitrogen and oxygen atoms in total. The van der Waals surface area contributed by atoms with E-state index in [-0.39, 0.29) is 23.8 Å². The van der Waals surface area contributed by atoms with Crippen LogP contribution in [-0.2, 0) is 22.4 Å². The summed E-state index contributed by atoms with van der Waals surface area (Å²) in [5.74, 6) is 0.201. The molecule has 2 aromatic rings. The molecule has 2 aromatic carbocycles. The summed E-state index contributed by atoms with van der Waals surface area (Å²) in [6.45, 7) is 3.74. The van der Waals surface area contributed by atoms with Crippen LogP contribution in [0.4, 0.5) is 0 Å². The molecule has 0 aliphatic carbocycles. The molecule has 9 heteroatoms. The Morgan fingerprint density at radius 1 is 1.03 bits per heavy atom. The molecular weight excluding hydrogens is 444 g/mol. The van der Waals surface area contributed by atoms with Gasteiger partial charge >= 0.3 is 0 Å². The minimum absolute atomic E-state index is 0.0363. The Labute approximate surface area is 206 Å². The normalized spacial score (nSPS) is 15.7. The first-order valence-electron chi connectivity index (χ1n) is 12.1. The van der Waals surface area contributed by atoms with E-state index in [1.165, 1.54) is 0 Å². The molecule has 0 aromatic heterocycles. The average molecular weight is 481 g/mol. The van der Waals surface area contributed by atoms with Gasteiger partial charge in [-0.25, -0.2) is 0 Å². The van der Waals surface area contributed by atoms with E-state index < -0.39 is 12.1 Å². The summed E-state index contributed by atoms with van der Waals surface area (Å²) >= 11 is 0. The number of ether oxygens (including phenoxy) is 1. The molecule has 0 bridgehead atoms. The van der Waals surface area contributed by atoms with Crippen molar-refractivity contribution in [1.82, 2.24) is 15.5 Å². The molecule has 3 rings (SSSR count). The number of amides is 2. The van der Waals surface area contributed by atoms with Crippen molar-refractivity contribution in [3.05, 3.63) is 65.7 Å². The lowest BCUT2D eigenvalue weighted by Gasteiger charge is -2.33. The second kappa shape index (κ2) is 12.8. The molecule has 1 saturated heterocycles. The van der Waals surface area contributed by atoms with Crippen molar-refractivity contribution in [2.75, 3.05) is 19.7 Å². The Hall–Kier alpha value is -3.59. The van der Waals surface area contributed by atoms with Crippen LogP contribution in [0, 0.1) is 5.41 Å². The summed E-state index contributed by atoms with van der Waals surface area (Å²) < 4.78 is 5.45. The lowest BCUT2D eigenvalue weighted by atomic mass is 10.0. The first kappa shape index (κ1) is 26.0. The van der Waals surface area contributed by atoms with Gasteiger partial charge in [0.15, 0.2) is 5.96 Å². The van der Waals surface area contributed by atoms with Gasteiger partial charge in [0.25, 0.3) is 0 Å². The van der Waals surface area contributed by atoms with Gasteiger partial charge in [-0.3, -0.25) is 15.0 Å². The zero-order valence-corrected chi connectivity index (χ0v) is 20.2. The van der Waals surface area contributed by atoms with Crippen LogP contribution in [0.25, 0.3) is 0 Å². The van der Waals surface area contributed by atoms with Crippen LogP contribution in [0.3, 0.4) is 0 Å². The molecule has 0 spiro atoms. The van der Waals surface area contributed by atoms with Crippen LogP contribution in [0.1, 0.15) is 30.9 Å². The molecule has 1 aliphatic heterocycles. The molecule has 0 saturated carbocycles. The molecule has 35 heavy (non-hydrogen) atoms. The molecule has 188 valence electrons. The maximum absolute atomic E-state index is 13.2. The van der Waals surface area contributed by atoms with E-state index in [1.807, 2.05) is 61.5 Å². The summed E-state index contributed by atoms with van der Waals surface area (Å²) in [6, 6.07) is 15.5. The number of nitrogens with one attached hydrogen (secondary N) is 3. The predicted octanol–water partition coefficient (Wildman–Crippen LogP) is 1.16. The third kappa shape index (κ3) is 7.99. The predicted molar refractivity (Wildman–Crippen MR) is 136 cm³/mol. The fourth-order valence-corrected chi connectivity index (χ4v) is 4.14. The van der Waals surface area contributed by atoms with E-state index >= 15 is 0 Å². The third-order valence-electron chi connectivity index (χ3n) is 6.12. The van der Waals surface area contributed by atoms with Crippen LogP contribution in [0.2, 0.25) is 0 Å². The van der Waals surface area contributed by atoms with Crippen molar-refractivity contribution in [2.45, 2.75) is 50.7 Å². The number of carbonyl (C=O) groups is 2. The smallest absolute Gasteiger partial charge is 0.243 e. The van der Waals surface area contributed by atoms with Gasteiger partial charge in [0.05, 0.1) is 12.6 Å². The number of carbonyl (C=O) groups excluding carboxylic acids is 2. The van der Waals surface area contributed by atoms with Crippen LogP contribution >= 0.6 is 0 Å². The van der Waals surface area contributed by atoms with E-state index in [0.717, 1.165) is 16.9 Å². The Morgan fingerprint density at radius 2 is 1.66 bits per heavy atom. The van der Waals surface area contributed by atoms with Crippen LogP contribution in [0.15, 0.2) is 54.6 Å². The highest BCUT2D eigenvalue weighted by atomic mass is 16.5. The highest BCUT2D eigenvalue weighted by Crippen LogP contribution is 2.14. The van der Waals surface area contributed by atoms with Gasteiger partial charge in [0.2, 0.25) is 11.8 Å². The maximum atomic E-state index is 13.2. The van der Waals surface area contributed by atoms with E-state index in [9.17, 15) is 9.59 Å². The molecule has 1 unspecified atom stereocenters. The van der Waals surface area contributed by atoms with Gasteiger partial charge in [-0.1, -0.05) is 42.5 Å². The maximum Gasteiger partial charge on any atom is 0.243 e. The largest absolute Gasteiger partial charge is 0.494 e. The number of piperidine rings is 1. The van der Waals surface area contributed by atoms with Crippen molar-refractivity contribution < 1.29 is 14.3 Å². The van der Waals surface area contributed by atoms with Gasteiger partial charge < -0.3 is 31.7 Å². The Bertz CT molecular complexity index is 974. The van der Waals surface area contributed by atoms with Gasteiger partial charge in [0.1, 0.15) is 11.8 Å².